The van der Waals surface area contributed by atoms with E-state index in [0.29, 0.717) is 40.4 Å². The lowest BCUT2D eigenvalue weighted by atomic mass is 9.95. The SMILES string of the molecule is Cc1cc(C(=O)N[C@H]2C[C@H]3CC[C@@H](C2)N3c2ccc(C(=O)N[C@@H]3CCN(C(C)C)C3)cn2)c(C)cc1C(N)=O. The summed E-state index contributed by atoms with van der Waals surface area (Å²) in [5, 5.41) is 6.40. The van der Waals surface area contributed by atoms with Crippen LogP contribution in [0.3, 0.4) is 0 Å². The summed E-state index contributed by atoms with van der Waals surface area (Å²) in [7, 11) is 0. The van der Waals surface area contributed by atoms with Crippen molar-refractivity contribution in [2.24, 2.45) is 5.73 Å². The summed E-state index contributed by atoms with van der Waals surface area (Å²) in [6.45, 7) is 9.90. The number of likely N-dealkylation sites (tertiary alicyclic amines) is 1. The van der Waals surface area contributed by atoms with Crippen molar-refractivity contribution in [1.29, 1.82) is 0 Å². The van der Waals surface area contributed by atoms with E-state index in [2.05, 4.69) is 39.3 Å². The Kier molecular flexibility index (Phi) is 7.62. The summed E-state index contributed by atoms with van der Waals surface area (Å²) in [6.07, 6.45) is 6.46. The number of anilines is 1. The molecule has 4 atom stereocenters. The molecule has 0 spiro atoms. The fourth-order valence-electron chi connectivity index (χ4n) is 6.57. The van der Waals surface area contributed by atoms with Crippen LogP contribution in [0.4, 0.5) is 5.82 Å². The second kappa shape index (κ2) is 11.0. The van der Waals surface area contributed by atoms with Gasteiger partial charge in [-0.05, 0) is 95.2 Å². The molecule has 2 bridgehead atoms. The number of amides is 3. The molecule has 3 fully saturated rings. The summed E-state index contributed by atoms with van der Waals surface area (Å²) in [5.74, 6) is 0.227. The van der Waals surface area contributed by atoms with Crippen molar-refractivity contribution in [1.82, 2.24) is 20.5 Å². The van der Waals surface area contributed by atoms with Crippen molar-refractivity contribution in [3.63, 3.8) is 0 Å². The predicted molar refractivity (Wildman–Crippen MR) is 151 cm³/mol. The van der Waals surface area contributed by atoms with Crippen molar-refractivity contribution >= 4 is 23.5 Å². The molecule has 0 saturated carbocycles. The molecular weight excluding hydrogens is 492 g/mol. The summed E-state index contributed by atoms with van der Waals surface area (Å²) >= 11 is 0. The van der Waals surface area contributed by atoms with Gasteiger partial charge in [-0.15, -0.1) is 0 Å². The van der Waals surface area contributed by atoms with Crippen molar-refractivity contribution in [3.8, 4) is 0 Å². The molecule has 3 amide bonds. The summed E-state index contributed by atoms with van der Waals surface area (Å²) in [6, 6.07) is 8.61. The first-order valence-corrected chi connectivity index (χ1v) is 14.1. The Morgan fingerprint density at radius 2 is 1.56 bits per heavy atom. The van der Waals surface area contributed by atoms with Crippen LogP contribution in [-0.2, 0) is 0 Å². The largest absolute Gasteiger partial charge is 0.366 e. The maximum atomic E-state index is 13.1. The van der Waals surface area contributed by atoms with Gasteiger partial charge in [0.15, 0.2) is 0 Å². The maximum Gasteiger partial charge on any atom is 0.253 e. The van der Waals surface area contributed by atoms with Gasteiger partial charge < -0.3 is 21.3 Å². The predicted octanol–water partition coefficient (Wildman–Crippen LogP) is 2.94. The van der Waals surface area contributed by atoms with Crippen LogP contribution in [0.25, 0.3) is 0 Å². The number of hydrogen-bond acceptors (Lipinski definition) is 6. The topological polar surface area (TPSA) is 121 Å². The van der Waals surface area contributed by atoms with Gasteiger partial charge in [0, 0.05) is 60.6 Å². The van der Waals surface area contributed by atoms with Crippen molar-refractivity contribution in [2.45, 2.75) is 90.0 Å². The lowest BCUT2D eigenvalue weighted by molar-refractivity contribution is 0.0921. The minimum atomic E-state index is -0.486. The highest BCUT2D eigenvalue weighted by Crippen LogP contribution is 2.38. The number of carbonyl (C=O) groups excluding carboxylic acids is 3. The highest BCUT2D eigenvalue weighted by molar-refractivity contribution is 5.99. The second-order valence-electron chi connectivity index (χ2n) is 11.7. The molecule has 5 rings (SSSR count). The molecule has 4 heterocycles. The van der Waals surface area contributed by atoms with Gasteiger partial charge in [0.25, 0.3) is 11.8 Å². The van der Waals surface area contributed by atoms with Crippen LogP contribution in [0.1, 0.15) is 88.2 Å². The van der Waals surface area contributed by atoms with Gasteiger partial charge in [-0.25, -0.2) is 4.98 Å². The number of rotatable bonds is 7. The molecule has 2 aromatic rings. The number of hydrogen-bond donors (Lipinski definition) is 3. The molecule has 3 aliphatic heterocycles. The van der Waals surface area contributed by atoms with E-state index in [-0.39, 0.29) is 23.9 Å². The Hall–Kier alpha value is -3.46. The van der Waals surface area contributed by atoms with E-state index in [4.69, 9.17) is 5.73 Å². The van der Waals surface area contributed by atoms with Gasteiger partial charge in [0.2, 0.25) is 5.91 Å². The maximum absolute atomic E-state index is 13.1. The number of aromatic nitrogens is 1. The van der Waals surface area contributed by atoms with Gasteiger partial charge in [-0.1, -0.05) is 0 Å². The Labute approximate surface area is 230 Å². The van der Waals surface area contributed by atoms with Crippen LogP contribution in [0, 0.1) is 13.8 Å². The Balaban J connectivity index is 1.19. The van der Waals surface area contributed by atoms with Crippen LogP contribution in [-0.4, -0.2) is 70.9 Å². The molecule has 3 saturated heterocycles. The minimum absolute atomic E-state index is 0.0663. The van der Waals surface area contributed by atoms with Crippen LogP contribution < -0.4 is 21.3 Å². The zero-order chi connectivity index (χ0) is 27.8. The highest BCUT2D eigenvalue weighted by Gasteiger charge is 2.42. The van der Waals surface area contributed by atoms with E-state index in [9.17, 15) is 14.4 Å². The first-order valence-electron chi connectivity index (χ1n) is 14.1. The number of nitrogens with two attached hydrogens (primary N) is 1. The third-order valence-corrected chi connectivity index (χ3v) is 8.71. The average Bonchev–Trinajstić information content (AvgIpc) is 3.47. The van der Waals surface area contributed by atoms with Crippen molar-refractivity contribution in [3.05, 3.63) is 58.3 Å². The van der Waals surface area contributed by atoms with E-state index < -0.39 is 5.91 Å². The fourth-order valence-corrected chi connectivity index (χ4v) is 6.57. The number of pyridine rings is 1. The number of carbonyl (C=O) groups is 3. The standard InChI is InChI=1S/C30H40N6O3/c1-17(2)35-10-9-21(16-35)33-29(38)20-5-8-27(32-15-20)36-23-6-7-24(36)14-22(13-23)34-30(39)26-12-18(3)25(28(31)37)11-19(26)4/h5,8,11-12,15,17,21-24H,6-7,9-10,13-14,16H2,1-4H3,(H2,31,37)(H,33,38)(H,34,39)/t21-,22-,23+,24-/m1/s1. The second-order valence-corrected chi connectivity index (χ2v) is 11.7. The summed E-state index contributed by atoms with van der Waals surface area (Å²) < 4.78 is 0. The number of nitrogens with one attached hydrogen (secondary N) is 2. The molecule has 39 heavy (non-hydrogen) atoms. The van der Waals surface area contributed by atoms with Gasteiger partial charge in [0.1, 0.15) is 5.82 Å². The lowest BCUT2D eigenvalue weighted by Crippen LogP contribution is -2.51. The molecular formula is C30H40N6O3. The fraction of sp³-hybridized carbons (Fsp3) is 0.533. The van der Waals surface area contributed by atoms with Gasteiger partial charge >= 0.3 is 0 Å². The molecule has 1 aromatic heterocycles. The number of nitrogens with zero attached hydrogens (tertiary/aromatic N) is 3. The molecule has 4 N–H and O–H groups in total. The first kappa shape index (κ1) is 27.1. The van der Waals surface area contributed by atoms with Gasteiger partial charge in [-0.2, -0.15) is 0 Å². The van der Waals surface area contributed by atoms with Crippen LogP contribution in [0.5, 0.6) is 0 Å². The first-order chi connectivity index (χ1) is 18.6. The Morgan fingerprint density at radius 1 is 0.923 bits per heavy atom. The van der Waals surface area contributed by atoms with E-state index in [1.165, 1.54) is 0 Å². The number of aryl methyl sites for hydroxylation is 2. The zero-order valence-corrected chi connectivity index (χ0v) is 23.4. The van der Waals surface area contributed by atoms with Gasteiger partial charge in [0.05, 0.1) is 5.56 Å². The smallest absolute Gasteiger partial charge is 0.253 e. The number of primary amides is 1. The van der Waals surface area contributed by atoms with Crippen LogP contribution in [0.2, 0.25) is 0 Å². The van der Waals surface area contributed by atoms with E-state index in [1.54, 1.807) is 25.3 Å². The Bertz CT molecular complexity index is 1250. The number of piperidine rings is 1. The third kappa shape index (κ3) is 5.64. The molecule has 1 aromatic carbocycles. The van der Waals surface area contributed by atoms with E-state index in [0.717, 1.165) is 56.6 Å². The normalized spacial score (nSPS) is 24.7. The monoisotopic (exact) mass is 532 g/mol. The molecule has 9 heteroatoms. The molecule has 0 unspecified atom stereocenters. The average molecular weight is 533 g/mol. The molecule has 3 aliphatic rings. The minimum Gasteiger partial charge on any atom is -0.366 e. The lowest BCUT2D eigenvalue weighted by Gasteiger charge is -2.40. The van der Waals surface area contributed by atoms with Crippen LogP contribution in [0.15, 0.2) is 30.5 Å². The Morgan fingerprint density at radius 3 is 2.15 bits per heavy atom. The number of benzene rings is 1. The number of fused-ring (bicyclic) bond motifs is 2. The van der Waals surface area contributed by atoms with E-state index >= 15 is 0 Å². The highest BCUT2D eigenvalue weighted by atomic mass is 16.2. The van der Waals surface area contributed by atoms with Crippen molar-refractivity contribution < 1.29 is 14.4 Å². The van der Waals surface area contributed by atoms with E-state index in [1.807, 2.05) is 19.1 Å². The summed E-state index contributed by atoms with van der Waals surface area (Å²) in [5.41, 5.74) is 8.52. The van der Waals surface area contributed by atoms with Crippen LogP contribution >= 0.6 is 0 Å². The molecule has 208 valence electrons. The molecule has 0 aliphatic carbocycles. The zero-order valence-electron chi connectivity index (χ0n) is 23.4. The molecule has 0 radical (unpaired) electrons. The molecule has 9 nitrogen and oxygen atoms in total. The van der Waals surface area contributed by atoms with Gasteiger partial charge in [-0.3, -0.25) is 19.3 Å². The summed E-state index contributed by atoms with van der Waals surface area (Å²) in [4.78, 5) is 47.0. The van der Waals surface area contributed by atoms with Crippen molar-refractivity contribution in [2.75, 3.05) is 18.0 Å². The quantitative estimate of drug-likeness (QED) is 0.504. The third-order valence-electron chi connectivity index (χ3n) is 8.71.